The molecule has 0 aromatic rings. The van der Waals surface area contributed by atoms with Crippen molar-refractivity contribution in [2.75, 3.05) is 0 Å². The average Bonchev–Trinajstić information content (AvgIpc) is 2.31. The van der Waals surface area contributed by atoms with E-state index in [0.29, 0.717) is 5.92 Å². The summed E-state index contributed by atoms with van der Waals surface area (Å²) in [6.45, 7) is 14.1. The van der Waals surface area contributed by atoms with E-state index in [9.17, 15) is 0 Å². The number of allylic oxidation sites excluding steroid dienone is 8. The van der Waals surface area contributed by atoms with E-state index in [1.165, 1.54) is 17.6 Å². The van der Waals surface area contributed by atoms with Crippen molar-refractivity contribution in [2.24, 2.45) is 5.92 Å². The van der Waals surface area contributed by atoms with Crippen LogP contribution in [0.1, 0.15) is 33.6 Å². The molecule has 0 nitrogen and oxygen atoms in total. The largest absolute Gasteiger partial charge is 0.0991 e. The van der Waals surface area contributed by atoms with Crippen molar-refractivity contribution in [1.29, 1.82) is 0 Å². The fourth-order valence-corrected chi connectivity index (χ4v) is 1.54. The van der Waals surface area contributed by atoms with E-state index < -0.39 is 0 Å². The van der Waals surface area contributed by atoms with Crippen molar-refractivity contribution in [1.82, 2.24) is 0 Å². The van der Waals surface area contributed by atoms with E-state index in [4.69, 9.17) is 0 Å². The van der Waals surface area contributed by atoms with Crippen molar-refractivity contribution in [2.45, 2.75) is 33.6 Å². The lowest BCUT2D eigenvalue weighted by Crippen LogP contribution is -1.97. The molecule has 0 saturated heterocycles. The lowest BCUT2D eigenvalue weighted by molar-refractivity contribution is 0.633. The summed E-state index contributed by atoms with van der Waals surface area (Å²) in [5, 5.41) is 0. The fraction of sp³-hybridized carbons (Fsp3) is 0.375. The number of hydrogen-bond acceptors (Lipinski definition) is 0. The van der Waals surface area contributed by atoms with Crippen molar-refractivity contribution < 1.29 is 0 Å². The summed E-state index contributed by atoms with van der Waals surface area (Å²) in [5.41, 5.74) is 2.68. The molecule has 0 heterocycles. The zero-order valence-electron chi connectivity index (χ0n) is 10.9. The summed E-state index contributed by atoms with van der Waals surface area (Å²) in [5.74, 6) is 0.648. The Balaban J connectivity index is 4.99. The van der Waals surface area contributed by atoms with Gasteiger partial charge in [-0.3, -0.25) is 0 Å². The predicted octanol–water partition coefficient (Wildman–Crippen LogP) is 5.22. The van der Waals surface area contributed by atoms with Gasteiger partial charge >= 0.3 is 0 Å². The van der Waals surface area contributed by atoms with Crippen LogP contribution in [0.2, 0.25) is 0 Å². The second kappa shape index (κ2) is 8.96. The Labute approximate surface area is 101 Å². The highest BCUT2D eigenvalue weighted by Crippen LogP contribution is 2.20. The molecule has 0 amide bonds. The van der Waals surface area contributed by atoms with Crippen molar-refractivity contribution >= 4 is 0 Å². The molecule has 0 heteroatoms. The smallest absolute Gasteiger partial charge is 0.0231 e. The predicted molar refractivity (Wildman–Crippen MR) is 75.4 cm³/mol. The zero-order valence-corrected chi connectivity index (χ0v) is 10.9. The SMILES string of the molecule is C=CC=CC(=CC=C)C=C(CC)C(C)CC. The first-order chi connectivity index (χ1) is 7.69. The lowest BCUT2D eigenvalue weighted by atomic mass is 9.94. The van der Waals surface area contributed by atoms with E-state index in [0.717, 1.165) is 6.42 Å². The maximum atomic E-state index is 3.74. The molecular formula is C16H24. The molecule has 1 atom stereocenters. The van der Waals surface area contributed by atoms with Gasteiger partial charge < -0.3 is 0 Å². The zero-order chi connectivity index (χ0) is 12.4. The maximum Gasteiger partial charge on any atom is -0.0231 e. The molecule has 0 N–H and O–H groups in total. The van der Waals surface area contributed by atoms with Crippen LogP contribution >= 0.6 is 0 Å². The van der Waals surface area contributed by atoms with Crippen molar-refractivity contribution in [3.8, 4) is 0 Å². The van der Waals surface area contributed by atoms with Gasteiger partial charge in [0.15, 0.2) is 0 Å². The van der Waals surface area contributed by atoms with Gasteiger partial charge in [-0.2, -0.15) is 0 Å². The first-order valence-corrected chi connectivity index (χ1v) is 6.01. The molecule has 0 aliphatic carbocycles. The molecule has 0 aliphatic heterocycles. The minimum Gasteiger partial charge on any atom is -0.0991 e. The molecule has 0 rings (SSSR count). The number of hydrogen-bond donors (Lipinski definition) is 0. The molecule has 0 aromatic heterocycles. The van der Waals surface area contributed by atoms with Crippen LogP contribution in [-0.2, 0) is 0 Å². The van der Waals surface area contributed by atoms with E-state index >= 15 is 0 Å². The minimum absolute atomic E-state index is 0.648. The molecule has 1 unspecified atom stereocenters. The van der Waals surface area contributed by atoms with E-state index in [1.54, 1.807) is 6.08 Å². The molecule has 16 heavy (non-hydrogen) atoms. The van der Waals surface area contributed by atoms with Crippen LogP contribution in [0.25, 0.3) is 0 Å². The van der Waals surface area contributed by atoms with Crippen LogP contribution in [0.3, 0.4) is 0 Å². The Morgan fingerprint density at radius 3 is 2.31 bits per heavy atom. The first-order valence-electron chi connectivity index (χ1n) is 6.01. The Bertz CT molecular complexity index is 300. The quantitative estimate of drug-likeness (QED) is 0.512. The maximum absolute atomic E-state index is 3.74. The molecule has 0 saturated carbocycles. The molecule has 0 radical (unpaired) electrons. The molecule has 0 aliphatic rings. The highest BCUT2D eigenvalue weighted by molar-refractivity contribution is 5.37. The van der Waals surface area contributed by atoms with Crippen LogP contribution in [0.15, 0.2) is 60.8 Å². The van der Waals surface area contributed by atoms with Crippen LogP contribution in [0.4, 0.5) is 0 Å². The highest BCUT2D eigenvalue weighted by Gasteiger charge is 2.04. The topological polar surface area (TPSA) is 0 Å². The van der Waals surface area contributed by atoms with Gasteiger partial charge in [0.2, 0.25) is 0 Å². The Morgan fingerprint density at radius 1 is 1.19 bits per heavy atom. The van der Waals surface area contributed by atoms with Gasteiger partial charge in [0.05, 0.1) is 0 Å². The second-order valence-electron chi connectivity index (χ2n) is 3.88. The standard InChI is InChI=1S/C16H24/c1-6-10-12-15(11-7-2)13-16(9-4)14(5)8-3/h6-7,10-14H,1-2,8-9H2,3-5H3. The summed E-state index contributed by atoms with van der Waals surface area (Å²) >= 11 is 0. The highest BCUT2D eigenvalue weighted by atomic mass is 14.1. The summed E-state index contributed by atoms with van der Waals surface area (Å²) in [6, 6.07) is 0. The van der Waals surface area contributed by atoms with Gasteiger partial charge in [-0.1, -0.05) is 76.0 Å². The summed E-state index contributed by atoms with van der Waals surface area (Å²) in [4.78, 5) is 0. The van der Waals surface area contributed by atoms with Gasteiger partial charge in [0.1, 0.15) is 0 Å². The summed E-state index contributed by atoms with van der Waals surface area (Å²) in [6.07, 6.45) is 14.2. The molecule has 0 aromatic carbocycles. The van der Waals surface area contributed by atoms with Crippen LogP contribution in [0.5, 0.6) is 0 Å². The summed E-state index contributed by atoms with van der Waals surface area (Å²) < 4.78 is 0. The number of rotatable bonds is 7. The van der Waals surface area contributed by atoms with Gasteiger partial charge in [0.25, 0.3) is 0 Å². The molecule has 0 spiro atoms. The third-order valence-electron chi connectivity index (χ3n) is 2.74. The van der Waals surface area contributed by atoms with Gasteiger partial charge in [-0.15, -0.1) is 0 Å². The second-order valence-corrected chi connectivity index (χ2v) is 3.88. The van der Waals surface area contributed by atoms with E-state index in [-0.39, 0.29) is 0 Å². The normalized spacial score (nSPS) is 15.2. The van der Waals surface area contributed by atoms with Gasteiger partial charge in [-0.05, 0) is 24.3 Å². The Kier molecular flexibility index (Phi) is 8.24. The van der Waals surface area contributed by atoms with Crippen molar-refractivity contribution in [3.05, 3.63) is 60.8 Å². The lowest BCUT2D eigenvalue weighted by Gasteiger charge is -2.12. The molecule has 0 fully saturated rings. The third-order valence-corrected chi connectivity index (χ3v) is 2.74. The van der Waals surface area contributed by atoms with Crippen LogP contribution in [0, 0.1) is 5.92 Å². The average molecular weight is 216 g/mol. The fourth-order valence-electron chi connectivity index (χ4n) is 1.54. The minimum atomic E-state index is 0.648. The summed E-state index contributed by atoms with van der Waals surface area (Å²) in [7, 11) is 0. The third kappa shape index (κ3) is 5.55. The van der Waals surface area contributed by atoms with E-state index in [2.05, 4.69) is 46.1 Å². The Morgan fingerprint density at radius 2 is 1.88 bits per heavy atom. The first kappa shape index (κ1) is 14.7. The van der Waals surface area contributed by atoms with Gasteiger partial charge in [0, 0.05) is 0 Å². The van der Waals surface area contributed by atoms with Crippen LogP contribution < -0.4 is 0 Å². The molecular weight excluding hydrogens is 192 g/mol. The van der Waals surface area contributed by atoms with Crippen molar-refractivity contribution in [3.63, 3.8) is 0 Å². The molecule has 88 valence electrons. The monoisotopic (exact) mass is 216 g/mol. The van der Waals surface area contributed by atoms with Gasteiger partial charge in [-0.25, -0.2) is 0 Å². The Hall–Kier alpha value is -1.30. The van der Waals surface area contributed by atoms with Crippen LogP contribution in [-0.4, -0.2) is 0 Å². The molecule has 0 bridgehead atoms. The van der Waals surface area contributed by atoms with E-state index in [1.807, 2.05) is 18.2 Å².